The van der Waals surface area contributed by atoms with Crippen molar-refractivity contribution in [3.63, 3.8) is 0 Å². The number of epoxide rings is 1. The van der Waals surface area contributed by atoms with Gasteiger partial charge >= 0.3 is 11.9 Å². The summed E-state index contributed by atoms with van der Waals surface area (Å²) in [5.41, 5.74) is 0. The molecule has 0 aromatic heterocycles. The Morgan fingerprint density at radius 3 is 2.62 bits per heavy atom. The summed E-state index contributed by atoms with van der Waals surface area (Å²) >= 11 is 0. The number of esters is 2. The molecule has 0 amide bonds. The molecular weight excluding hydrogens is 176 g/mol. The molecule has 1 fully saturated rings. The quantitative estimate of drug-likeness (QED) is 0.466. The molecule has 1 saturated heterocycles. The minimum Gasteiger partial charge on any atom is -0.464 e. The van der Waals surface area contributed by atoms with E-state index >= 15 is 0 Å². The molecule has 13 heavy (non-hydrogen) atoms. The zero-order chi connectivity index (χ0) is 9.84. The first-order valence-corrected chi connectivity index (χ1v) is 4.20. The van der Waals surface area contributed by atoms with Gasteiger partial charge in [0.1, 0.15) is 0 Å². The molecular formula is C8H12O5. The first-order valence-electron chi connectivity index (χ1n) is 4.20. The van der Waals surface area contributed by atoms with Crippen LogP contribution >= 0.6 is 0 Å². The fraction of sp³-hybridized carbons (Fsp3) is 0.750. The summed E-state index contributed by atoms with van der Waals surface area (Å²) in [4.78, 5) is 21.7. The molecule has 0 saturated carbocycles. The molecule has 1 rings (SSSR count). The lowest BCUT2D eigenvalue weighted by Gasteiger charge is -1.98. The third kappa shape index (κ3) is 2.69. The standard InChI is InChI=1S/C8H12O5/c1-3-5(9)12-8-6(13-8)7(10)11-4-2/h6,8H,3-4H2,1-2H3. The lowest BCUT2D eigenvalue weighted by molar-refractivity contribution is -0.148. The average molecular weight is 188 g/mol. The summed E-state index contributed by atoms with van der Waals surface area (Å²) in [7, 11) is 0. The van der Waals surface area contributed by atoms with E-state index < -0.39 is 18.4 Å². The molecule has 0 N–H and O–H groups in total. The van der Waals surface area contributed by atoms with E-state index in [9.17, 15) is 9.59 Å². The zero-order valence-electron chi connectivity index (χ0n) is 7.61. The lowest BCUT2D eigenvalue weighted by Crippen LogP contribution is -2.16. The van der Waals surface area contributed by atoms with Crippen LogP contribution in [-0.4, -0.2) is 30.9 Å². The van der Waals surface area contributed by atoms with Crippen molar-refractivity contribution in [3.8, 4) is 0 Å². The van der Waals surface area contributed by atoms with Gasteiger partial charge in [-0.3, -0.25) is 4.79 Å². The van der Waals surface area contributed by atoms with E-state index in [0.29, 0.717) is 6.61 Å². The molecule has 74 valence electrons. The Labute approximate surface area is 76.0 Å². The molecule has 2 unspecified atom stereocenters. The molecule has 1 aliphatic heterocycles. The Bertz CT molecular complexity index is 213. The fourth-order valence-corrected chi connectivity index (χ4v) is 0.793. The Hall–Kier alpha value is -1.10. The van der Waals surface area contributed by atoms with Gasteiger partial charge in [0.15, 0.2) is 0 Å². The highest BCUT2D eigenvalue weighted by molar-refractivity contribution is 5.78. The minimum atomic E-state index is -0.730. The van der Waals surface area contributed by atoms with Crippen LogP contribution in [0.3, 0.4) is 0 Å². The maximum absolute atomic E-state index is 10.9. The number of hydrogen-bond donors (Lipinski definition) is 0. The molecule has 0 radical (unpaired) electrons. The van der Waals surface area contributed by atoms with Crippen LogP contribution in [-0.2, 0) is 23.8 Å². The number of rotatable bonds is 4. The smallest absolute Gasteiger partial charge is 0.342 e. The van der Waals surface area contributed by atoms with E-state index in [1.807, 2.05) is 0 Å². The van der Waals surface area contributed by atoms with E-state index in [-0.39, 0.29) is 12.4 Å². The topological polar surface area (TPSA) is 65.1 Å². The molecule has 1 aliphatic rings. The van der Waals surface area contributed by atoms with Gasteiger partial charge in [0.25, 0.3) is 0 Å². The second-order valence-corrected chi connectivity index (χ2v) is 2.52. The van der Waals surface area contributed by atoms with Crippen LogP contribution in [0, 0.1) is 0 Å². The summed E-state index contributed by atoms with van der Waals surface area (Å²) < 4.78 is 14.2. The van der Waals surface area contributed by atoms with Gasteiger partial charge in [-0.25, -0.2) is 4.79 Å². The third-order valence-electron chi connectivity index (χ3n) is 1.51. The van der Waals surface area contributed by atoms with Gasteiger partial charge in [-0.15, -0.1) is 0 Å². The Balaban J connectivity index is 2.22. The van der Waals surface area contributed by atoms with Gasteiger partial charge in [0.05, 0.1) is 6.61 Å². The van der Waals surface area contributed by atoms with Crippen LogP contribution < -0.4 is 0 Å². The van der Waals surface area contributed by atoms with Gasteiger partial charge in [-0.05, 0) is 6.92 Å². The second-order valence-electron chi connectivity index (χ2n) is 2.52. The second kappa shape index (κ2) is 4.23. The summed E-state index contributed by atoms with van der Waals surface area (Å²) in [5, 5.41) is 0. The minimum absolute atomic E-state index is 0.273. The van der Waals surface area contributed by atoms with Crippen LogP contribution in [0.4, 0.5) is 0 Å². The first kappa shape index (κ1) is 9.98. The van der Waals surface area contributed by atoms with Gasteiger partial charge in [-0.1, -0.05) is 6.92 Å². The molecule has 2 atom stereocenters. The van der Waals surface area contributed by atoms with Gasteiger partial charge in [-0.2, -0.15) is 0 Å². The summed E-state index contributed by atoms with van der Waals surface area (Å²) in [6, 6.07) is 0. The fourth-order valence-electron chi connectivity index (χ4n) is 0.793. The highest BCUT2D eigenvalue weighted by Gasteiger charge is 2.49. The van der Waals surface area contributed by atoms with Crippen molar-refractivity contribution in [2.45, 2.75) is 32.7 Å². The molecule has 1 heterocycles. The van der Waals surface area contributed by atoms with Gasteiger partial charge < -0.3 is 14.2 Å². The molecule has 0 aromatic carbocycles. The number of carbonyl (C=O) groups excluding carboxylic acids is 2. The Morgan fingerprint density at radius 2 is 2.08 bits per heavy atom. The number of ether oxygens (including phenoxy) is 3. The first-order chi connectivity index (χ1) is 6.19. The highest BCUT2D eigenvalue weighted by atomic mass is 16.8. The van der Waals surface area contributed by atoms with E-state index in [0.717, 1.165) is 0 Å². The van der Waals surface area contributed by atoms with Crippen LogP contribution in [0.2, 0.25) is 0 Å². The maximum atomic E-state index is 10.9. The van der Waals surface area contributed by atoms with Gasteiger partial charge in [0.2, 0.25) is 12.4 Å². The predicted octanol–water partition coefficient (Wildman–Crippen LogP) is 0.228. The Morgan fingerprint density at radius 1 is 1.38 bits per heavy atom. The SMILES string of the molecule is CCOC(=O)C1OC1OC(=O)CC. The highest BCUT2D eigenvalue weighted by Crippen LogP contribution is 2.24. The Kier molecular flexibility index (Phi) is 3.25. The molecule has 0 bridgehead atoms. The maximum Gasteiger partial charge on any atom is 0.342 e. The predicted molar refractivity (Wildman–Crippen MR) is 41.7 cm³/mol. The van der Waals surface area contributed by atoms with Crippen molar-refractivity contribution < 1.29 is 23.8 Å². The van der Waals surface area contributed by atoms with Crippen LogP contribution in [0.5, 0.6) is 0 Å². The monoisotopic (exact) mass is 188 g/mol. The molecule has 0 aromatic rings. The summed E-state index contributed by atoms with van der Waals surface area (Å²) in [5.74, 6) is -0.854. The van der Waals surface area contributed by atoms with Crippen molar-refractivity contribution >= 4 is 11.9 Å². The molecule has 0 aliphatic carbocycles. The van der Waals surface area contributed by atoms with E-state index in [1.54, 1.807) is 13.8 Å². The molecule has 0 spiro atoms. The van der Waals surface area contributed by atoms with Crippen molar-refractivity contribution in [1.82, 2.24) is 0 Å². The average Bonchev–Trinajstić information content (AvgIpc) is 2.84. The van der Waals surface area contributed by atoms with Crippen molar-refractivity contribution in [2.75, 3.05) is 6.61 Å². The van der Waals surface area contributed by atoms with E-state index in [1.165, 1.54) is 0 Å². The normalized spacial score (nSPS) is 25.1. The number of hydrogen-bond acceptors (Lipinski definition) is 5. The van der Waals surface area contributed by atoms with Crippen LogP contribution in [0.25, 0.3) is 0 Å². The van der Waals surface area contributed by atoms with Crippen LogP contribution in [0.1, 0.15) is 20.3 Å². The largest absolute Gasteiger partial charge is 0.464 e. The lowest BCUT2D eigenvalue weighted by atomic mass is 10.4. The molecule has 5 nitrogen and oxygen atoms in total. The molecule has 5 heteroatoms. The summed E-state index contributed by atoms with van der Waals surface area (Å²) in [6.07, 6.45) is -1.17. The van der Waals surface area contributed by atoms with E-state index in [4.69, 9.17) is 9.47 Å². The van der Waals surface area contributed by atoms with Gasteiger partial charge in [0, 0.05) is 6.42 Å². The van der Waals surface area contributed by atoms with Crippen molar-refractivity contribution in [2.24, 2.45) is 0 Å². The van der Waals surface area contributed by atoms with Crippen molar-refractivity contribution in [1.29, 1.82) is 0 Å². The third-order valence-corrected chi connectivity index (χ3v) is 1.51. The summed E-state index contributed by atoms with van der Waals surface area (Å²) in [6.45, 7) is 3.67. The number of carbonyl (C=O) groups is 2. The van der Waals surface area contributed by atoms with Crippen LogP contribution in [0.15, 0.2) is 0 Å². The van der Waals surface area contributed by atoms with Crippen molar-refractivity contribution in [3.05, 3.63) is 0 Å². The zero-order valence-corrected chi connectivity index (χ0v) is 7.61. The van der Waals surface area contributed by atoms with E-state index in [2.05, 4.69) is 4.74 Å².